The number of hydrogen-bond donors (Lipinski definition) is 0. The lowest BCUT2D eigenvalue weighted by molar-refractivity contribution is 0.400. The fourth-order valence-corrected chi connectivity index (χ4v) is 4.35. The van der Waals surface area contributed by atoms with Crippen molar-refractivity contribution in [2.75, 3.05) is 5.33 Å². The van der Waals surface area contributed by atoms with Gasteiger partial charge in [0.05, 0.1) is 0 Å². The molecule has 0 saturated carbocycles. The molecule has 0 saturated heterocycles. The lowest BCUT2D eigenvalue weighted by Gasteiger charge is -2.38. The molecule has 2 heteroatoms. The summed E-state index contributed by atoms with van der Waals surface area (Å²) in [4.78, 5) is 0. The average Bonchev–Trinajstić information content (AvgIpc) is 2.51. The fraction of sp³-hybridized carbons (Fsp3) is 0.368. The predicted octanol–water partition coefficient (Wildman–Crippen LogP) is 5.35. The third kappa shape index (κ3) is 2.78. The van der Waals surface area contributed by atoms with Crippen molar-refractivity contribution in [2.45, 2.75) is 38.0 Å². The number of aryl methyl sites for hydroxylation is 2. The normalized spacial score (nSPS) is 21.1. The zero-order chi connectivity index (χ0) is 14.9. The number of halogens is 2. The lowest BCUT2D eigenvalue weighted by atomic mass is 9.68. The van der Waals surface area contributed by atoms with E-state index in [-0.39, 0.29) is 11.2 Å². The first-order valence-electron chi connectivity index (χ1n) is 7.54. The van der Waals surface area contributed by atoms with Gasteiger partial charge >= 0.3 is 0 Å². The van der Waals surface area contributed by atoms with Crippen molar-refractivity contribution in [1.29, 1.82) is 0 Å². The van der Waals surface area contributed by atoms with E-state index in [1.807, 2.05) is 6.07 Å². The van der Waals surface area contributed by atoms with Crippen molar-refractivity contribution in [3.63, 3.8) is 0 Å². The van der Waals surface area contributed by atoms with Gasteiger partial charge in [0, 0.05) is 10.7 Å². The van der Waals surface area contributed by atoms with E-state index in [0.717, 1.165) is 30.2 Å². The van der Waals surface area contributed by atoms with Crippen molar-refractivity contribution < 1.29 is 4.39 Å². The van der Waals surface area contributed by atoms with Gasteiger partial charge in [0.2, 0.25) is 0 Å². The molecule has 0 heterocycles. The highest BCUT2D eigenvalue weighted by atomic mass is 79.9. The predicted molar refractivity (Wildman–Crippen MR) is 89.7 cm³/mol. The van der Waals surface area contributed by atoms with E-state index >= 15 is 0 Å². The largest absolute Gasteiger partial charge is 0.207 e. The number of benzene rings is 2. The summed E-state index contributed by atoms with van der Waals surface area (Å²) in [5, 5.41) is 0.924. The lowest BCUT2D eigenvalue weighted by Crippen LogP contribution is -2.35. The molecule has 1 aliphatic carbocycles. The summed E-state index contributed by atoms with van der Waals surface area (Å²) >= 11 is 3.74. The maximum Gasteiger partial charge on any atom is 0.123 e. The van der Waals surface area contributed by atoms with Crippen LogP contribution in [0.5, 0.6) is 0 Å². The van der Waals surface area contributed by atoms with Crippen LogP contribution < -0.4 is 0 Å². The zero-order valence-electron chi connectivity index (χ0n) is 12.3. The first-order chi connectivity index (χ1) is 10.1. The molecule has 0 aromatic heterocycles. The van der Waals surface area contributed by atoms with Crippen LogP contribution in [0.3, 0.4) is 0 Å². The zero-order valence-corrected chi connectivity index (χ0v) is 13.9. The Morgan fingerprint density at radius 2 is 2.00 bits per heavy atom. The molecule has 0 spiro atoms. The summed E-state index contributed by atoms with van der Waals surface area (Å²) in [5.74, 6) is -0.135. The first-order valence-corrected chi connectivity index (χ1v) is 8.66. The molecule has 0 aliphatic heterocycles. The molecule has 21 heavy (non-hydrogen) atoms. The van der Waals surface area contributed by atoms with Crippen LogP contribution in [0, 0.1) is 12.7 Å². The third-order valence-corrected chi connectivity index (χ3v) is 5.86. The smallest absolute Gasteiger partial charge is 0.123 e. The van der Waals surface area contributed by atoms with E-state index in [1.54, 1.807) is 12.1 Å². The van der Waals surface area contributed by atoms with E-state index in [1.165, 1.54) is 23.1 Å². The van der Waals surface area contributed by atoms with Gasteiger partial charge in [-0.2, -0.15) is 0 Å². The van der Waals surface area contributed by atoms with Crippen LogP contribution >= 0.6 is 15.9 Å². The Labute approximate surface area is 134 Å². The molecule has 1 unspecified atom stereocenters. The summed E-state index contributed by atoms with van der Waals surface area (Å²) in [7, 11) is 0. The SMILES string of the molecule is Cc1ccc(F)cc1CC1(CBr)CCCc2ccccc21. The van der Waals surface area contributed by atoms with Crippen LogP contribution in [-0.4, -0.2) is 5.33 Å². The second-order valence-electron chi connectivity index (χ2n) is 6.17. The Morgan fingerprint density at radius 1 is 1.19 bits per heavy atom. The van der Waals surface area contributed by atoms with Crippen molar-refractivity contribution in [3.8, 4) is 0 Å². The van der Waals surface area contributed by atoms with Crippen LogP contribution in [0.15, 0.2) is 42.5 Å². The quantitative estimate of drug-likeness (QED) is 0.657. The van der Waals surface area contributed by atoms with E-state index in [9.17, 15) is 4.39 Å². The van der Waals surface area contributed by atoms with Crippen LogP contribution in [0.1, 0.15) is 35.1 Å². The number of fused-ring (bicyclic) bond motifs is 1. The molecule has 2 aromatic rings. The summed E-state index contributed by atoms with van der Waals surface area (Å²) in [6.45, 7) is 2.07. The van der Waals surface area contributed by atoms with Gasteiger partial charge in [-0.1, -0.05) is 46.3 Å². The number of rotatable bonds is 3. The summed E-state index contributed by atoms with van der Waals surface area (Å²) < 4.78 is 13.6. The second kappa shape index (κ2) is 5.92. The molecular formula is C19H20BrF. The van der Waals surface area contributed by atoms with Gasteiger partial charge in [-0.05, 0) is 67.0 Å². The van der Waals surface area contributed by atoms with E-state index < -0.39 is 0 Å². The second-order valence-corrected chi connectivity index (χ2v) is 6.73. The highest BCUT2D eigenvalue weighted by Gasteiger charge is 2.35. The maximum absolute atomic E-state index is 13.6. The number of hydrogen-bond acceptors (Lipinski definition) is 0. The molecule has 0 fully saturated rings. The molecule has 0 bridgehead atoms. The molecular weight excluding hydrogens is 327 g/mol. The molecule has 0 amide bonds. The van der Waals surface area contributed by atoms with Crippen molar-refractivity contribution >= 4 is 15.9 Å². The Bertz CT molecular complexity index is 650. The molecule has 1 aliphatic rings. The first kappa shape index (κ1) is 14.8. The van der Waals surface area contributed by atoms with E-state index in [0.29, 0.717) is 0 Å². The topological polar surface area (TPSA) is 0 Å². The van der Waals surface area contributed by atoms with Crippen molar-refractivity contribution in [1.82, 2.24) is 0 Å². The van der Waals surface area contributed by atoms with Crippen molar-refractivity contribution in [3.05, 3.63) is 70.5 Å². The van der Waals surface area contributed by atoms with Gasteiger partial charge < -0.3 is 0 Å². The average molecular weight is 347 g/mol. The van der Waals surface area contributed by atoms with Crippen molar-refractivity contribution in [2.24, 2.45) is 0 Å². The third-order valence-electron chi connectivity index (χ3n) is 4.79. The highest BCUT2D eigenvalue weighted by Crippen LogP contribution is 2.41. The molecule has 0 nitrogen and oxygen atoms in total. The minimum Gasteiger partial charge on any atom is -0.207 e. The Hall–Kier alpha value is -1.15. The van der Waals surface area contributed by atoms with Gasteiger partial charge in [0.1, 0.15) is 5.82 Å². The fourth-order valence-electron chi connectivity index (χ4n) is 3.57. The molecule has 3 rings (SSSR count). The monoisotopic (exact) mass is 346 g/mol. The molecule has 1 atom stereocenters. The number of alkyl halides is 1. The molecule has 0 radical (unpaired) electrons. The Balaban J connectivity index is 2.04. The highest BCUT2D eigenvalue weighted by molar-refractivity contribution is 9.09. The minimum absolute atomic E-state index is 0.0907. The van der Waals surface area contributed by atoms with Gasteiger partial charge in [0.25, 0.3) is 0 Å². The molecule has 0 N–H and O–H groups in total. The summed E-state index contributed by atoms with van der Waals surface area (Å²) in [5.41, 5.74) is 5.30. The maximum atomic E-state index is 13.6. The summed E-state index contributed by atoms with van der Waals surface area (Å²) in [6, 6.07) is 13.9. The van der Waals surface area contributed by atoms with Gasteiger partial charge in [-0.3, -0.25) is 0 Å². The Kier molecular flexibility index (Phi) is 4.17. The van der Waals surface area contributed by atoms with Crippen LogP contribution in [0.4, 0.5) is 4.39 Å². The van der Waals surface area contributed by atoms with Gasteiger partial charge in [0.15, 0.2) is 0 Å². The minimum atomic E-state index is -0.135. The van der Waals surface area contributed by atoms with Crippen LogP contribution in [-0.2, 0) is 18.3 Å². The van der Waals surface area contributed by atoms with Gasteiger partial charge in [-0.25, -0.2) is 4.39 Å². The van der Waals surface area contributed by atoms with Crippen LogP contribution in [0.25, 0.3) is 0 Å². The Morgan fingerprint density at radius 3 is 2.81 bits per heavy atom. The molecule has 110 valence electrons. The van der Waals surface area contributed by atoms with E-state index in [2.05, 4.69) is 47.1 Å². The standard InChI is InChI=1S/C19H20BrF/c1-14-8-9-17(21)11-16(14)12-19(13-20)10-4-6-15-5-2-3-7-18(15)19/h2-3,5,7-9,11H,4,6,10,12-13H2,1H3. The van der Waals surface area contributed by atoms with Crippen LogP contribution in [0.2, 0.25) is 0 Å². The van der Waals surface area contributed by atoms with E-state index in [4.69, 9.17) is 0 Å². The van der Waals surface area contributed by atoms with Gasteiger partial charge in [-0.15, -0.1) is 0 Å². The molecule has 2 aromatic carbocycles. The summed E-state index contributed by atoms with van der Waals surface area (Å²) in [6.07, 6.45) is 4.42.